The lowest BCUT2D eigenvalue weighted by Crippen LogP contribution is -2.46. The van der Waals surface area contributed by atoms with Crippen molar-refractivity contribution in [2.45, 2.75) is 37.4 Å². The molecular weight excluding hydrogens is 561 g/mol. The van der Waals surface area contributed by atoms with E-state index in [4.69, 9.17) is 14.2 Å². The number of nitrogens with zero attached hydrogens (tertiary/aromatic N) is 2. The van der Waals surface area contributed by atoms with Crippen LogP contribution in [0.15, 0.2) is 71.6 Å². The maximum atomic E-state index is 14.6. The number of ether oxygens (including phenoxy) is 3. The molecule has 1 N–H and O–H groups in total. The number of rotatable bonds is 7. The van der Waals surface area contributed by atoms with Gasteiger partial charge in [-0.1, -0.05) is 31.2 Å². The third-order valence-corrected chi connectivity index (χ3v) is 8.89. The van der Waals surface area contributed by atoms with Crippen molar-refractivity contribution in [3.05, 3.63) is 83.7 Å². The lowest BCUT2D eigenvalue weighted by atomic mass is 10.0. The number of halogens is 1. The molecule has 226 valence electrons. The number of likely N-dealkylation sites (N-methyl/N-ethyl adjacent to an activating group) is 1. The number of hydrogen-bond donors (Lipinski definition) is 1. The van der Waals surface area contributed by atoms with Gasteiger partial charge in [-0.25, -0.2) is 12.8 Å². The Morgan fingerprint density at radius 1 is 1.02 bits per heavy atom. The summed E-state index contributed by atoms with van der Waals surface area (Å²) in [6, 6.07) is 17.3. The standard InChI is InChI=1S/C31H38FN3O6S/c1-21-17-35(18-23-9-6-7-12-28(23)32)22(2)20-41-29-14-13-24(15-27(29)31(36)34(3)19-30(21)40-5)33-42(37,38)26-11-8-10-25(16-26)39-4/h6-16,21-22,30,33H,17-20H2,1-5H3/t21-,22-,30-/m1/s1. The van der Waals surface area contributed by atoms with Gasteiger partial charge in [-0.2, -0.15) is 0 Å². The molecule has 11 heteroatoms. The highest BCUT2D eigenvalue weighted by molar-refractivity contribution is 7.92. The van der Waals surface area contributed by atoms with Crippen molar-refractivity contribution in [1.29, 1.82) is 0 Å². The molecule has 0 aliphatic carbocycles. The highest BCUT2D eigenvalue weighted by Gasteiger charge is 2.29. The summed E-state index contributed by atoms with van der Waals surface area (Å²) < 4.78 is 60.5. The van der Waals surface area contributed by atoms with E-state index in [0.29, 0.717) is 30.2 Å². The van der Waals surface area contributed by atoms with Gasteiger partial charge < -0.3 is 19.1 Å². The molecule has 0 fully saturated rings. The van der Waals surface area contributed by atoms with Gasteiger partial charge in [0, 0.05) is 57.2 Å². The second-order valence-electron chi connectivity index (χ2n) is 10.6. The number of fused-ring (bicyclic) bond motifs is 1. The third-order valence-electron chi connectivity index (χ3n) is 7.51. The first kappa shape index (κ1) is 31.3. The molecule has 0 spiro atoms. The summed E-state index contributed by atoms with van der Waals surface area (Å²) in [6.07, 6.45) is -0.298. The van der Waals surface area contributed by atoms with E-state index in [1.54, 1.807) is 55.5 Å². The van der Waals surface area contributed by atoms with Crippen molar-refractivity contribution >= 4 is 21.6 Å². The highest BCUT2D eigenvalue weighted by atomic mass is 32.2. The van der Waals surface area contributed by atoms with E-state index in [2.05, 4.69) is 9.62 Å². The van der Waals surface area contributed by atoms with Crippen LogP contribution in [0.2, 0.25) is 0 Å². The van der Waals surface area contributed by atoms with Crippen LogP contribution in [0.1, 0.15) is 29.8 Å². The van der Waals surface area contributed by atoms with Gasteiger partial charge in [-0.05, 0) is 49.2 Å². The molecule has 0 unspecified atom stereocenters. The SMILES string of the molecule is COc1cccc(S(=O)(=O)Nc2ccc3c(c2)C(=O)N(C)C[C@@H](OC)[C@H](C)CN(Cc2ccccc2F)[C@H](C)CO3)c1. The van der Waals surface area contributed by atoms with Crippen molar-refractivity contribution in [3.8, 4) is 11.5 Å². The van der Waals surface area contributed by atoms with Gasteiger partial charge in [0.1, 0.15) is 23.9 Å². The number of hydrogen-bond acceptors (Lipinski definition) is 7. The van der Waals surface area contributed by atoms with Crippen molar-refractivity contribution in [2.75, 3.05) is 45.7 Å². The Bertz CT molecular complexity index is 1500. The highest BCUT2D eigenvalue weighted by Crippen LogP contribution is 2.28. The number of carbonyl (C=O) groups excluding carboxylic acids is 1. The molecule has 0 aromatic heterocycles. The summed E-state index contributed by atoms with van der Waals surface area (Å²) >= 11 is 0. The monoisotopic (exact) mass is 599 g/mol. The Morgan fingerprint density at radius 3 is 2.50 bits per heavy atom. The Balaban J connectivity index is 1.66. The molecule has 1 aliphatic rings. The second-order valence-corrected chi connectivity index (χ2v) is 12.3. The minimum atomic E-state index is -3.97. The zero-order chi connectivity index (χ0) is 30.4. The lowest BCUT2D eigenvalue weighted by molar-refractivity contribution is 0.00904. The molecule has 1 amide bonds. The Morgan fingerprint density at radius 2 is 1.79 bits per heavy atom. The fraction of sp³-hybridized carbons (Fsp3) is 0.387. The van der Waals surface area contributed by atoms with Crippen molar-refractivity contribution in [3.63, 3.8) is 0 Å². The van der Waals surface area contributed by atoms with E-state index in [1.165, 1.54) is 31.4 Å². The lowest BCUT2D eigenvalue weighted by Gasteiger charge is -2.36. The molecule has 3 atom stereocenters. The van der Waals surface area contributed by atoms with Crippen LogP contribution in [0.5, 0.6) is 11.5 Å². The smallest absolute Gasteiger partial charge is 0.262 e. The average Bonchev–Trinajstić information content (AvgIpc) is 2.98. The van der Waals surface area contributed by atoms with Gasteiger partial charge in [0.2, 0.25) is 0 Å². The Labute approximate surface area is 247 Å². The molecule has 0 saturated heterocycles. The number of carbonyl (C=O) groups is 1. The van der Waals surface area contributed by atoms with Crippen molar-refractivity contribution in [2.24, 2.45) is 5.92 Å². The number of sulfonamides is 1. The summed E-state index contributed by atoms with van der Waals surface area (Å²) in [7, 11) is 0.772. The van der Waals surface area contributed by atoms with Gasteiger partial charge in [0.15, 0.2) is 0 Å². The number of methoxy groups -OCH3 is 2. The predicted octanol–water partition coefficient (Wildman–Crippen LogP) is 4.64. The van der Waals surface area contributed by atoms with Crippen molar-refractivity contribution < 1.29 is 31.8 Å². The molecule has 4 rings (SSSR count). The van der Waals surface area contributed by atoms with Crippen LogP contribution < -0.4 is 14.2 Å². The topological polar surface area (TPSA) is 97.4 Å². The first-order chi connectivity index (χ1) is 20.0. The molecule has 1 heterocycles. The zero-order valence-electron chi connectivity index (χ0n) is 24.5. The summed E-state index contributed by atoms with van der Waals surface area (Å²) in [4.78, 5) is 17.4. The van der Waals surface area contributed by atoms with Crippen LogP contribution in [-0.2, 0) is 21.3 Å². The normalized spacial score (nSPS) is 20.6. The fourth-order valence-electron chi connectivity index (χ4n) is 4.96. The fourth-order valence-corrected chi connectivity index (χ4v) is 6.05. The molecule has 42 heavy (non-hydrogen) atoms. The van der Waals surface area contributed by atoms with Crippen LogP contribution >= 0.6 is 0 Å². The zero-order valence-corrected chi connectivity index (χ0v) is 25.4. The molecule has 0 saturated carbocycles. The molecule has 3 aromatic carbocycles. The Hall–Kier alpha value is -3.67. The van der Waals surface area contributed by atoms with Crippen LogP contribution in [0, 0.1) is 11.7 Å². The predicted molar refractivity (Wildman–Crippen MR) is 159 cm³/mol. The summed E-state index contributed by atoms with van der Waals surface area (Å²) in [6.45, 7) is 5.52. The Kier molecular flexibility index (Phi) is 10.1. The van der Waals surface area contributed by atoms with Crippen molar-refractivity contribution in [1.82, 2.24) is 9.80 Å². The minimum Gasteiger partial charge on any atom is -0.497 e. The van der Waals surface area contributed by atoms with Crippen LogP contribution in [0.25, 0.3) is 0 Å². The quantitative estimate of drug-likeness (QED) is 0.423. The van der Waals surface area contributed by atoms with Gasteiger partial charge in [-0.3, -0.25) is 14.4 Å². The summed E-state index contributed by atoms with van der Waals surface area (Å²) in [5.41, 5.74) is 0.998. The van der Waals surface area contributed by atoms with E-state index in [9.17, 15) is 17.6 Å². The van der Waals surface area contributed by atoms with Crippen LogP contribution in [0.4, 0.5) is 10.1 Å². The summed E-state index contributed by atoms with van der Waals surface area (Å²) in [5, 5.41) is 0. The molecular formula is C31H38FN3O6S. The first-order valence-corrected chi connectivity index (χ1v) is 15.2. The van der Waals surface area contributed by atoms with Gasteiger partial charge in [0.25, 0.3) is 15.9 Å². The van der Waals surface area contributed by atoms with Gasteiger partial charge >= 0.3 is 0 Å². The van der Waals surface area contributed by atoms with E-state index < -0.39 is 10.0 Å². The average molecular weight is 600 g/mol. The largest absolute Gasteiger partial charge is 0.497 e. The number of benzene rings is 3. The van der Waals surface area contributed by atoms with E-state index in [-0.39, 0.29) is 59.1 Å². The van der Waals surface area contributed by atoms with E-state index in [0.717, 1.165) is 0 Å². The maximum Gasteiger partial charge on any atom is 0.262 e. The number of anilines is 1. The van der Waals surface area contributed by atoms with Gasteiger partial charge in [0.05, 0.1) is 23.7 Å². The third kappa shape index (κ3) is 7.39. The molecule has 0 radical (unpaired) electrons. The molecule has 9 nitrogen and oxygen atoms in total. The second kappa shape index (κ2) is 13.5. The van der Waals surface area contributed by atoms with Gasteiger partial charge in [-0.15, -0.1) is 0 Å². The van der Waals surface area contributed by atoms with Crippen LogP contribution in [0.3, 0.4) is 0 Å². The van der Waals surface area contributed by atoms with Crippen LogP contribution in [-0.4, -0.2) is 77.2 Å². The first-order valence-electron chi connectivity index (χ1n) is 13.7. The summed E-state index contributed by atoms with van der Waals surface area (Å²) in [5.74, 6) is 0.113. The number of amides is 1. The number of nitrogens with one attached hydrogen (secondary N) is 1. The minimum absolute atomic E-state index is 0.000576. The molecule has 0 bridgehead atoms. The maximum absolute atomic E-state index is 14.6. The van der Waals surface area contributed by atoms with E-state index in [1.807, 2.05) is 19.9 Å². The van der Waals surface area contributed by atoms with E-state index >= 15 is 0 Å². The molecule has 3 aromatic rings. The molecule has 1 aliphatic heterocycles.